The molecule has 0 bridgehead atoms. The molecule has 9 heteroatoms. The molecular weight excluding hydrogens is 359 g/mol. The smallest absolute Gasteiger partial charge is 0.320 e. The second kappa shape index (κ2) is 11.4. The molecule has 0 N–H and O–H groups in total. The molecule has 0 aromatic carbocycles. The van der Waals surface area contributed by atoms with Gasteiger partial charge >= 0.3 is 11.9 Å². The molecule has 0 spiro atoms. The first-order chi connectivity index (χ1) is 10.6. The van der Waals surface area contributed by atoms with E-state index in [1.54, 1.807) is 13.8 Å². The quantitative estimate of drug-likeness (QED) is 0.393. The van der Waals surface area contributed by atoms with Gasteiger partial charge in [0.1, 0.15) is 5.25 Å². The van der Waals surface area contributed by atoms with Crippen LogP contribution >= 0.6 is 17.1 Å². The Hall–Kier alpha value is -0.140. The van der Waals surface area contributed by atoms with Gasteiger partial charge < -0.3 is 18.5 Å². The fraction of sp³-hybridized carbons (Fsp3) is 0.857. The number of carbonyl (C=O) groups excluding carboxylic acids is 2. The largest absolute Gasteiger partial charge is 0.466 e. The number of ether oxygens (including phenoxy) is 2. The summed E-state index contributed by atoms with van der Waals surface area (Å²) in [7, 11) is 0. The van der Waals surface area contributed by atoms with E-state index in [0.29, 0.717) is 0 Å². The van der Waals surface area contributed by atoms with E-state index in [2.05, 4.69) is 0 Å². The summed E-state index contributed by atoms with van der Waals surface area (Å²) in [6, 6.07) is 0. The maximum absolute atomic E-state index is 12.1. The van der Waals surface area contributed by atoms with E-state index >= 15 is 0 Å². The predicted octanol–water partition coefficient (Wildman–Crippen LogP) is 3.68. The molecule has 1 atom stereocenters. The van der Waals surface area contributed by atoms with E-state index in [0.717, 1.165) is 11.4 Å². The van der Waals surface area contributed by atoms with Crippen molar-refractivity contribution >= 4 is 40.8 Å². The summed E-state index contributed by atoms with van der Waals surface area (Å²) in [6.45, 7) is 11.3. The topological polar surface area (TPSA) is 71.1 Å². The van der Waals surface area contributed by atoms with Crippen molar-refractivity contribution in [2.24, 2.45) is 0 Å². The van der Waals surface area contributed by atoms with E-state index in [9.17, 15) is 9.59 Å². The van der Waals surface area contributed by atoms with Crippen molar-refractivity contribution in [2.45, 2.75) is 65.4 Å². The summed E-state index contributed by atoms with van der Waals surface area (Å²) < 4.78 is 21.5. The van der Waals surface area contributed by atoms with Crippen molar-refractivity contribution in [2.75, 3.05) is 13.2 Å². The third-order valence-electron chi connectivity index (χ3n) is 2.14. The Morgan fingerprint density at radius 3 is 1.87 bits per heavy atom. The van der Waals surface area contributed by atoms with Crippen molar-refractivity contribution in [3.05, 3.63) is 0 Å². The summed E-state index contributed by atoms with van der Waals surface area (Å²) in [5, 5.41) is -0.808. The Bertz CT molecular complexity index is 413. The maximum Gasteiger partial charge on any atom is 0.320 e. The third kappa shape index (κ3) is 10.4. The van der Waals surface area contributed by atoms with Crippen LogP contribution in [0.15, 0.2) is 0 Å². The van der Waals surface area contributed by atoms with Crippen LogP contribution in [-0.4, -0.2) is 42.6 Å². The van der Waals surface area contributed by atoms with Crippen LogP contribution in [0.1, 0.15) is 48.0 Å². The third-order valence-corrected chi connectivity index (χ3v) is 7.72. The number of hydrogen-bond acceptors (Lipinski definition) is 8. The lowest BCUT2D eigenvalue weighted by Crippen LogP contribution is -2.25. The van der Waals surface area contributed by atoms with Crippen molar-refractivity contribution in [3.8, 4) is 0 Å². The van der Waals surface area contributed by atoms with Crippen LogP contribution in [0.25, 0.3) is 0 Å². The van der Waals surface area contributed by atoms with Crippen LogP contribution in [0.3, 0.4) is 0 Å². The van der Waals surface area contributed by atoms with Crippen molar-refractivity contribution < 1.29 is 28.1 Å². The van der Waals surface area contributed by atoms with Crippen LogP contribution in [0.2, 0.25) is 0 Å². The lowest BCUT2D eigenvalue weighted by Gasteiger charge is -2.28. The summed E-state index contributed by atoms with van der Waals surface area (Å²) in [6.07, 6.45) is -0.436. The summed E-state index contributed by atoms with van der Waals surface area (Å²) in [5.74, 6) is -0.992. The molecule has 0 fully saturated rings. The summed E-state index contributed by atoms with van der Waals surface area (Å²) in [5.41, 5.74) is -2.80. The minimum Gasteiger partial charge on any atom is -0.466 e. The van der Waals surface area contributed by atoms with Crippen molar-refractivity contribution in [3.63, 3.8) is 0 Å². The number of esters is 2. The van der Waals surface area contributed by atoms with E-state index in [4.69, 9.17) is 30.3 Å². The molecule has 136 valence electrons. The van der Waals surface area contributed by atoms with E-state index in [1.807, 2.05) is 27.7 Å². The Morgan fingerprint density at radius 2 is 1.48 bits per heavy atom. The zero-order chi connectivity index (χ0) is 18.0. The van der Waals surface area contributed by atoms with Gasteiger partial charge in [-0.2, -0.15) is 0 Å². The Balaban J connectivity index is 5.21. The van der Waals surface area contributed by atoms with Crippen molar-refractivity contribution in [1.29, 1.82) is 0 Å². The Labute approximate surface area is 147 Å². The lowest BCUT2D eigenvalue weighted by molar-refractivity contribution is -0.149. The average Bonchev–Trinajstić information content (AvgIpc) is 2.36. The molecule has 6 nitrogen and oxygen atoms in total. The molecule has 23 heavy (non-hydrogen) atoms. The highest BCUT2D eigenvalue weighted by Crippen LogP contribution is 2.64. The van der Waals surface area contributed by atoms with Gasteiger partial charge in [-0.3, -0.25) is 9.59 Å². The molecule has 0 heterocycles. The molecule has 0 radical (unpaired) electrons. The second-order valence-electron chi connectivity index (χ2n) is 5.11. The zero-order valence-corrected chi connectivity index (χ0v) is 17.1. The molecule has 0 aliphatic heterocycles. The van der Waals surface area contributed by atoms with Gasteiger partial charge in [0.2, 0.25) is 5.69 Å². The monoisotopic (exact) mass is 386 g/mol. The Morgan fingerprint density at radius 1 is 1.00 bits per heavy atom. The summed E-state index contributed by atoms with van der Waals surface area (Å²) >= 11 is 6.58. The van der Waals surface area contributed by atoms with Gasteiger partial charge in [-0.1, -0.05) is 11.4 Å². The highest BCUT2D eigenvalue weighted by atomic mass is 32.9. The van der Waals surface area contributed by atoms with Gasteiger partial charge in [-0.05, 0) is 53.3 Å². The molecule has 0 saturated carbocycles. The predicted molar refractivity (Wildman–Crippen MR) is 96.0 cm³/mol. The molecule has 0 aromatic heterocycles. The maximum atomic E-state index is 12.1. The normalized spacial score (nSPS) is 13.2. The van der Waals surface area contributed by atoms with Gasteiger partial charge in [0, 0.05) is 0 Å². The van der Waals surface area contributed by atoms with Gasteiger partial charge in [0.15, 0.2) is 0 Å². The van der Waals surface area contributed by atoms with Crippen LogP contribution in [0, 0.1) is 0 Å². The molecular formula is C14H27O6PS2. The molecule has 0 aromatic rings. The van der Waals surface area contributed by atoms with Crippen molar-refractivity contribution in [1.82, 2.24) is 0 Å². The van der Waals surface area contributed by atoms with Crippen LogP contribution < -0.4 is 0 Å². The summed E-state index contributed by atoms with van der Waals surface area (Å²) in [4.78, 5) is 23.9. The lowest BCUT2D eigenvalue weighted by atomic mass is 10.3. The van der Waals surface area contributed by atoms with E-state index in [-0.39, 0.29) is 31.8 Å². The van der Waals surface area contributed by atoms with Crippen LogP contribution in [-0.2, 0) is 39.9 Å². The first-order valence-electron chi connectivity index (χ1n) is 7.61. The van der Waals surface area contributed by atoms with E-state index in [1.165, 1.54) is 0 Å². The van der Waals surface area contributed by atoms with Gasteiger partial charge in [-0.15, -0.1) is 0 Å². The highest BCUT2D eigenvalue weighted by Gasteiger charge is 2.34. The average molecular weight is 386 g/mol. The fourth-order valence-electron chi connectivity index (χ4n) is 1.52. The first-order valence-corrected chi connectivity index (χ1v) is 11.7. The second-order valence-corrected chi connectivity index (χ2v) is 11.4. The molecule has 0 aliphatic rings. The highest BCUT2D eigenvalue weighted by molar-refractivity contribution is 8.68. The number of hydrogen-bond donors (Lipinski definition) is 0. The molecule has 0 unspecified atom stereocenters. The van der Waals surface area contributed by atoms with Gasteiger partial charge in [0.05, 0.1) is 31.8 Å². The first kappa shape index (κ1) is 22.9. The van der Waals surface area contributed by atoms with E-state index < -0.39 is 22.9 Å². The van der Waals surface area contributed by atoms with Gasteiger partial charge in [-0.25, -0.2) is 0 Å². The van der Waals surface area contributed by atoms with Crippen LogP contribution in [0.5, 0.6) is 0 Å². The zero-order valence-electron chi connectivity index (χ0n) is 14.6. The van der Waals surface area contributed by atoms with Crippen LogP contribution in [0.4, 0.5) is 0 Å². The minimum atomic E-state index is -2.80. The Kier molecular flexibility index (Phi) is 11.4. The molecule has 0 rings (SSSR count). The minimum absolute atomic E-state index is 0.126. The number of rotatable bonds is 11. The number of carbonyl (C=O) groups is 2. The molecule has 0 aliphatic carbocycles. The standard InChI is InChI=1S/C14H27O6PS2/c1-7-17-13(15)9-12(14(16)18-8-2)23-21(22,19-10(3)4)20-11(5)6/h10-12H,7-9H2,1-6H3/t12-/m0/s1. The van der Waals surface area contributed by atoms with Gasteiger partial charge in [0.25, 0.3) is 0 Å². The SMILES string of the molecule is CCOC(=O)C[C@H](SP(=S)(OC(C)C)OC(C)C)C(=O)OCC. The molecule has 0 saturated heterocycles. The fourth-order valence-corrected chi connectivity index (χ4v) is 8.09. The molecule has 0 amide bonds.